The molecular weight excluding hydrogens is 284 g/mol. The molecule has 11 nitrogen and oxygen atoms in total. The van der Waals surface area contributed by atoms with E-state index in [-0.39, 0.29) is 0 Å². The molecule has 0 saturated carbocycles. The number of rotatable bonds is 4. The molecule has 1 fully saturated rings. The van der Waals surface area contributed by atoms with E-state index in [0.717, 1.165) is 0 Å². The van der Waals surface area contributed by atoms with Gasteiger partial charge in [-0.3, -0.25) is 0 Å². The van der Waals surface area contributed by atoms with Gasteiger partial charge in [-0.1, -0.05) is 0 Å². The van der Waals surface area contributed by atoms with E-state index in [1.54, 1.807) is 0 Å². The van der Waals surface area contributed by atoms with Gasteiger partial charge in [-0.25, -0.2) is 19.6 Å². The number of aliphatic hydroxyl groups excluding tert-OH is 3. The van der Waals surface area contributed by atoms with Gasteiger partial charge in [-0.15, -0.1) is 0 Å². The molecule has 1 aliphatic rings. The van der Waals surface area contributed by atoms with Crippen molar-refractivity contribution in [3.8, 4) is 0 Å². The van der Waals surface area contributed by atoms with Crippen molar-refractivity contribution in [1.82, 2.24) is 0 Å². The highest BCUT2D eigenvalue weighted by Crippen LogP contribution is 2.19. The van der Waals surface area contributed by atoms with Gasteiger partial charge in [0.25, 0.3) is 0 Å². The molecule has 0 spiro atoms. The van der Waals surface area contributed by atoms with Crippen LogP contribution in [-0.2, 0) is 33.5 Å². The van der Waals surface area contributed by atoms with Crippen molar-refractivity contribution in [3.63, 3.8) is 0 Å². The fraction of sp³-hybridized carbons (Fsp3) is 0.667. The SMILES string of the molecule is O=C1OC(CO)(OO)C(=O)OC(CO)C(=O)OC1CO. The number of esters is 3. The van der Waals surface area contributed by atoms with Crippen molar-refractivity contribution in [1.29, 1.82) is 0 Å². The molecule has 0 aromatic carbocycles. The first-order valence-electron chi connectivity index (χ1n) is 5.23. The van der Waals surface area contributed by atoms with E-state index in [4.69, 9.17) is 20.6 Å². The van der Waals surface area contributed by atoms with Crippen LogP contribution in [0.3, 0.4) is 0 Å². The summed E-state index contributed by atoms with van der Waals surface area (Å²) in [5, 5.41) is 35.4. The first-order chi connectivity index (χ1) is 9.43. The Balaban J connectivity index is 3.17. The minimum absolute atomic E-state index is 1.01. The average Bonchev–Trinajstić information content (AvgIpc) is 2.49. The molecule has 1 aliphatic heterocycles. The summed E-state index contributed by atoms with van der Waals surface area (Å²) in [4.78, 5) is 38.3. The third-order valence-electron chi connectivity index (χ3n) is 2.30. The summed E-state index contributed by atoms with van der Waals surface area (Å²) in [6, 6.07) is 0. The zero-order chi connectivity index (χ0) is 15.3. The fourth-order valence-electron chi connectivity index (χ4n) is 1.21. The summed E-state index contributed by atoms with van der Waals surface area (Å²) in [5.41, 5.74) is 0. The van der Waals surface area contributed by atoms with E-state index in [9.17, 15) is 14.4 Å². The normalized spacial score (nSPS) is 31.5. The highest BCUT2D eigenvalue weighted by atomic mass is 17.2. The lowest BCUT2D eigenvalue weighted by molar-refractivity contribution is -0.388. The van der Waals surface area contributed by atoms with Crippen LogP contribution in [-0.4, -0.2) is 76.3 Å². The second-order valence-corrected chi connectivity index (χ2v) is 3.61. The Labute approximate surface area is 111 Å². The van der Waals surface area contributed by atoms with E-state index in [1.807, 2.05) is 0 Å². The molecule has 1 heterocycles. The van der Waals surface area contributed by atoms with Gasteiger partial charge in [0.2, 0.25) is 12.2 Å². The predicted octanol–water partition coefficient (Wildman–Crippen LogP) is -3.47. The first-order valence-corrected chi connectivity index (χ1v) is 5.23. The monoisotopic (exact) mass is 296 g/mol. The minimum atomic E-state index is -2.95. The van der Waals surface area contributed by atoms with E-state index in [1.165, 1.54) is 0 Å². The molecule has 0 amide bonds. The molecular formula is C9H12O11. The molecule has 4 N–H and O–H groups in total. The number of carbonyl (C=O) groups is 3. The van der Waals surface area contributed by atoms with E-state index < -0.39 is 55.7 Å². The Bertz CT molecular complexity index is 385. The highest BCUT2D eigenvalue weighted by Gasteiger charge is 2.51. The maximum Gasteiger partial charge on any atom is 0.385 e. The van der Waals surface area contributed by atoms with E-state index in [2.05, 4.69) is 19.1 Å². The first kappa shape index (κ1) is 16.3. The van der Waals surface area contributed by atoms with Crippen molar-refractivity contribution in [2.45, 2.75) is 18.0 Å². The van der Waals surface area contributed by atoms with Gasteiger partial charge < -0.3 is 29.5 Å². The third-order valence-corrected chi connectivity index (χ3v) is 2.30. The van der Waals surface area contributed by atoms with Gasteiger partial charge in [0, 0.05) is 0 Å². The molecule has 11 heteroatoms. The number of hydrogen-bond acceptors (Lipinski definition) is 11. The summed E-state index contributed by atoms with van der Waals surface area (Å²) in [7, 11) is 0. The summed E-state index contributed by atoms with van der Waals surface area (Å²) < 4.78 is 13.2. The molecule has 3 unspecified atom stereocenters. The van der Waals surface area contributed by atoms with Gasteiger partial charge in [-0.2, -0.15) is 4.89 Å². The zero-order valence-electron chi connectivity index (χ0n) is 9.92. The molecule has 0 radical (unpaired) electrons. The third kappa shape index (κ3) is 3.02. The highest BCUT2D eigenvalue weighted by molar-refractivity contribution is 5.89. The van der Waals surface area contributed by atoms with Gasteiger partial charge in [0.15, 0.2) is 0 Å². The number of carbonyl (C=O) groups excluding carboxylic acids is 3. The number of ether oxygens (including phenoxy) is 3. The van der Waals surface area contributed by atoms with Crippen molar-refractivity contribution in [2.24, 2.45) is 0 Å². The lowest BCUT2D eigenvalue weighted by Gasteiger charge is -2.25. The number of aliphatic hydroxyl groups is 3. The Morgan fingerprint density at radius 2 is 1.55 bits per heavy atom. The molecule has 0 bridgehead atoms. The van der Waals surface area contributed by atoms with Crippen molar-refractivity contribution >= 4 is 17.9 Å². The lowest BCUT2D eigenvalue weighted by Crippen LogP contribution is -2.51. The van der Waals surface area contributed by atoms with Crippen molar-refractivity contribution in [3.05, 3.63) is 0 Å². The molecule has 0 aromatic heterocycles. The van der Waals surface area contributed by atoms with Crippen LogP contribution < -0.4 is 0 Å². The van der Waals surface area contributed by atoms with Crippen molar-refractivity contribution < 1.29 is 54.1 Å². The molecule has 3 atom stereocenters. The zero-order valence-corrected chi connectivity index (χ0v) is 9.92. The summed E-state index contributed by atoms with van der Waals surface area (Å²) in [6.07, 6.45) is -3.71. The second-order valence-electron chi connectivity index (χ2n) is 3.61. The Morgan fingerprint density at radius 1 is 1.00 bits per heavy atom. The van der Waals surface area contributed by atoms with Crippen LogP contribution in [0.4, 0.5) is 0 Å². The molecule has 1 rings (SSSR count). The molecule has 1 saturated heterocycles. The van der Waals surface area contributed by atoms with Crippen LogP contribution >= 0.6 is 0 Å². The van der Waals surface area contributed by atoms with Crippen LogP contribution in [0.1, 0.15) is 0 Å². The standard InChI is InChI=1S/C9H12O11/c10-1-4-6(13)17-5(2-11)7(14)19-9(3-12,20-16)8(15)18-4/h4-5,10-12,16H,1-3H2. The number of cyclic esters (lactones) is 3. The quantitative estimate of drug-likeness (QED) is 0.176. The van der Waals surface area contributed by atoms with Crippen LogP contribution in [0.15, 0.2) is 0 Å². The van der Waals surface area contributed by atoms with E-state index in [0.29, 0.717) is 0 Å². The predicted molar refractivity (Wildman–Crippen MR) is 53.6 cm³/mol. The summed E-state index contributed by atoms with van der Waals surface area (Å²) in [5.74, 6) is -7.40. The maximum atomic E-state index is 11.6. The lowest BCUT2D eigenvalue weighted by atomic mass is 10.3. The van der Waals surface area contributed by atoms with Gasteiger partial charge in [0.05, 0.1) is 13.2 Å². The Kier molecular flexibility index (Phi) is 5.35. The molecule has 114 valence electrons. The van der Waals surface area contributed by atoms with Gasteiger partial charge >= 0.3 is 23.7 Å². The Hall–Kier alpha value is -1.79. The summed E-state index contributed by atoms with van der Waals surface area (Å²) in [6.45, 7) is -3.37. The smallest absolute Gasteiger partial charge is 0.385 e. The summed E-state index contributed by atoms with van der Waals surface area (Å²) >= 11 is 0. The minimum Gasteiger partial charge on any atom is -0.445 e. The van der Waals surface area contributed by atoms with Crippen LogP contribution in [0.5, 0.6) is 0 Å². The molecule has 0 aromatic rings. The van der Waals surface area contributed by atoms with E-state index >= 15 is 0 Å². The second kappa shape index (κ2) is 6.58. The topological polar surface area (TPSA) is 169 Å². The van der Waals surface area contributed by atoms with Crippen molar-refractivity contribution in [2.75, 3.05) is 19.8 Å². The Morgan fingerprint density at radius 3 is 2.00 bits per heavy atom. The average molecular weight is 296 g/mol. The van der Waals surface area contributed by atoms with Gasteiger partial charge in [-0.05, 0) is 0 Å². The van der Waals surface area contributed by atoms with Crippen LogP contribution in [0, 0.1) is 0 Å². The van der Waals surface area contributed by atoms with Crippen LogP contribution in [0.2, 0.25) is 0 Å². The van der Waals surface area contributed by atoms with Gasteiger partial charge in [0.1, 0.15) is 6.61 Å². The molecule has 0 aliphatic carbocycles. The largest absolute Gasteiger partial charge is 0.445 e. The number of hydrogen-bond donors (Lipinski definition) is 4. The molecule has 20 heavy (non-hydrogen) atoms. The fourth-order valence-corrected chi connectivity index (χ4v) is 1.21. The maximum absolute atomic E-state index is 11.6. The van der Waals surface area contributed by atoms with Crippen LogP contribution in [0.25, 0.3) is 0 Å².